The molecule has 10 nitrogen and oxygen atoms in total. The van der Waals surface area contributed by atoms with Crippen molar-refractivity contribution >= 4 is 17.9 Å². The number of carbonyl (C=O) groups excluding carboxylic acids is 3. The van der Waals surface area contributed by atoms with Gasteiger partial charge in [-0.25, -0.2) is 0 Å². The topological polar surface area (TPSA) is 116 Å². The zero-order valence-corrected chi connectivity index (χ0v) is 15.4. The standard InChI is InChI=1S/C16H24O10/c1-6-21-16(5)25-14-13(23-10(4)19)12(22-9(3)18)11(7-20-8(2)17)24-15(14)26-16/h11-15H,6-7H2,1-5H3/t11-,12-,13+,14-,15+,16-/m1/s1. The van der Waals surface area contributed by atoms with E-state index in [1.54, 1.807) is 13.8 Å². The van der Waals surface area contributed by atoms with E-state index in [1.807, 2.05) is 0 Å². The summed E-state index contributed by atoms with van der Waals surface area (Å²) in [4.78, 5) is 34.2. The largest absolute Gasteiger partial charge is 0.463 e. The summed E-state index contributed by atoms with van der Waals surface area (Å²) in [6.07, 6.45) is -4.86. The fourth-order valence-corrected chi connectivity index (χ4v) is 2.91. The molecule has 0 aromatic carbocycles. The van der Waals surface area contributed by atoms with Gasteiger partial charge in [0, 0.05) is 34.3 Å². The summed E-state index contributed by atoms with van der Waals surface area (Å²) >= 11 is 0. The summed E-state index contributed by atoms with van der Waals surface area (Å²) in [6, 6.07) is 0. The summed E-state index contributed by atoms with van der Waals surface area (Å²) in [5.41, 5.74) is 0. The van der Waals surface area contributed by atoms with Crippen LogP contribution in [0.1, 0.15) is 34.6 Å². The molecule has 2 heterocycles. The third kappa shape index (κ3) is 4.91. The molecular weight excluding hydrogens is 352 g/mol. The minimum absolute atomic E-state index is 0.219. The van der Waals surface area contributed by atoms with E-state index in [1.165, 1.54) is 20.8 Å². The van der Waals surface area contributed by atoms with Crippen molar-refractivity contribution in [3.63, 3.8) is 0 Å². The molecule has 2 rings (SSSR count). The molecule has 0 saturated carbocycles. The average Bonchev–Trinajstić information content (AvgIpc) is 2.83. The van der Waals surface area contributed by atoms with Gasteiger partial charge in [0.15, 0.2) is 24.6 Å². The van der Waals surface area contributed by atoms with Gasteiger partial charge in [0.05, 0.1) is 0 Å². The highest BCUT2D eigenvalue weighted by molar-refractivity contribution is 5.67. The molecule has 148 valence electrons. The van der Waals surface area contributed by atoms with E-state index in [4.69, 9.17) is 33.2 Å². The molecule has 0 N–H and O–H groups in total. The number of esters is 3. The molecule has 0 aromatic rings. The Morgan fingerprint density at radius 3 is 2.12 bits per heavy atom. The zero-order valence-electron chi connectivity index (χ0n) is 15.4. The molecule has 0 aromatic heterocycles. The highest BCUT2D eigenvalue weighted by Crippen LogP contribution is 2.39. The van der Waals surface area contributed by atoms with E-state index in [0.29, 0.717) is 6.61 Å². The normalized spacial score (nSPS) is 36.1. The van der Waals surface area contributed by atoms with Gasteiger partial charge in [0.25, 0.3) is 5.97 Å². The molecule has 0 amide bonds. The van der Waals surface area contributed by atoms with Gasteiger partial charge in [-0.2, -0.15) is 0 Å². The molecule has 0 bridgehead atoms. The predicted octanol–water partition coefficient (Wildman–Crippen LogP) is 0.263. The van der Waals surface area contributed by atoms with Crippen LogP contribution in [0.2, 0.25) is 0 Å². The van der Waals surface area contributed by atoms with E-state index in [-0.39, 0.29) is 6.61 Å². The summed E-state index contributed by atoms with van der Waals surface area (Å²) in [5.74, 6) is -3.18. The second-order valence-electron chi connectivity index (χ2n) is 5.99. The fraction of sp³-hybridized carbons (Fsp3) is 0.812. The number of carbonyl (C=O) groups is 3. The SMILES string of the molecule is CCO[C@@]1(C)O[C@@H]2O[C@H](COC(C)=O)[C@@H](OC(C)=O)[C@H](OC(C)=O)[C@H]2O1. The van der Waals surface area contributed by atoms with Crippen LogP contribution >= 0.6 is 0 Å². The van der Waals surface area contributed by atoms with E-state index in [0.717, 1.165) is 0 Å². The first-order valence-corrected chi connectivity index (χ1v) is 8.28. The highest BCUT2D eigenvalue weighted by Gasteiger charge is 2.59. The van der Waals surface area contributed by atoms with Crippen LogP contribution < -0.4 is 0 Å². The molecule has 2 aliphatic heterocycles. The third-order valence-electron chi connectivity index (χ3n) is 3.73. The van der Waals surface area contributed by atoms with Crippen molar-refractivity contribution < 1.29 is 47.5 Å². The van der Waals surface area contributed by atoms with Crippen molar-refractivity contribution in [1.82, 2.24) is 0 Å². The van der Waals surface area contributed by atoms with Crippen molar-refractivity contribution in [2.45, 2.75) is 71.3 Å². The van der Waals surface area contributed by atoms with Gasteiger partial charge < -0.3 is 28.4 Å². The molecule has 10 heteroatoms. The Balaban J connectivity index is 2.29. The monoisotopic (exact) mass is 376 g/mol. The predicted molar refractivity (Wildman–Crippen MR) is 82.4 cm³/mol. The van der Waals surface area contributed by atoms with Gasteiger partial charge in [-0.1, -0.05) is 0 Å². The Bertz CT molecular complexity index is 549. The van der Waals surface area contributed by atoms with Crippen LogP contribution in [0.5, 0.6) is 0 Å². The minimum atomic E-state index is -1.42. The van der Waals surface area contributed by atoms with Crippen molar-refractivity contribution in [3.8, 4) is 0 Å². The lowest BCUT2D eigenvalue weighted by Gasteiger charge is -2.40. The van der Waals surface area contributed by atoms with Gasteiger partial charge in [0.1, 0.15) is 12.7 Å². The maximum Gasteiger partial charge on any atom is 0.303 e. The van der Waals surface area contributed by atoms with Crippen LogP contribution in [0.25, 0.3) is 0 Å². The summed E-state index contributed by atoms with van der Waals surface area (Å²) in [6.45, 7) is 7.04. The number of hydrogen-bond donors (Lipinski definition) is 0. The fourth-order valence-electron chi connectivity index (χ4n) is 2.91. The van der Waals surface area contributed by atoms with Gasteiger partial charge in [-0.15, -0.1) is 0 Å². The number of ether oxygens (including phenoxy) is 7. The van der Waals surface area contributed by atoms with Gasteiger partial charge in [-0.3, -0.25) is 19.1 Å². The maximum atomic E-state index is 11.6. The zero-order chi connectivity index (χ0) is 19.5. The van der Waals surface area contributed by atoms with Crippen LogP contribution in [0.15, 0.2) is 0 Å². The van der Waals surface area contributed by atoms with Crippen LogP contribution in [0, 0.1) is 0 Å². The van der Waals surface area contributed by atoms with Crippen molar-refractivity contribution in [3.05, 3.63) is 0 Å². The van der Waals surface area contributed by atoms with E-state index in [2.05, 4.69) is 0 Å². The van der Waals surface area contributed by atoms with Crippen LogP contribution in [-0.2, 0) is 47.5 Å². The molecule has 2 aliphatic rings. The molecule has 0 unspecified atom stereocenters. The second kappa shape index (κ2) is 8.30. The molecule has 26 heavy (non-hydrogen) atoms. The van der Waals surface area contributed by atoms with Crippen molar-refractivity contribution in [2.75, 3.05) is 13.2 Å². The Labute approximate surface area is 150 Å². The first-order chi connectivity index (χ1) is 12.1. The minimum Gasteiger partial charge on any atom is -0.463 e. The molecule has 0 aliphatic carbocycles. The Morgan fingerprint density at radius 2 is 1.58 bits per heavy atom. The smallest absolute Gasteiger partial charge is 0.303 e. The van der Waals surface area contributed by atoms with E-state index in [9.17, 15) is 14.4 Å². The van der Waals surface area contributed by atoms with Crippen LogP contribution in [0.3, 0.4) is 0 Å². The first kappa shape index (κ1) is 20.6. The summed E-state index contributed by atoms with van der Waals surface area (Å²) < 4.78 is 38.2. The lowest BCUT2D eigenvalue weighted by molar-refractivity contribution is -0.342. The van der Waals surface area contributed by atoms with Gasteiger partial charge >= 0.3 is 17.9 Å². The van der Waals surface area contributed by atoms with Crippen LogP contribution in [-0.4, -0.2) is 67.8 Å². The average molecular weight is 376 g/mol. The summed E-state index contributed by atoms with van der Waals surface area (Å²) in [7, 11) is 0. The molecular formula is C16H24O10. The quantitative estimate of drug-likeness (QED) is 0.472. The Kier molecular flexibility index (Phi) is 6.56. The van der Waals surface area contributed by atoms with Crippen molar-refractivity contribution in [2.24, 2.45) is 0 Å². The van der Waals surface area contributed by atoms with Gasteiger partial charge in [0.2, 0.25) is 0 Å². The second-order valence-corrected chi connectivity index (χ2v) is 5.99. The molecule has 6 atom stereocenters. The molecule has 2 fully saturated rings. The van der Waals surface area contributed by atoms with Crippen molar-refractivity contribution in [1.29, 1.82) is 0 Å². The number of fused-ring (bicyclic) bond motifs is 1. The number of rotatable bonds is 6. The molecule has 0 spiro atoms. The van der Waals surface area contributed by atoms with Gasteiger partial charge in [-0.05, 0) is 6.92 Å². The maximum absolute atomic E-state index is 11.6. The van der Waals surface area contributed by atoms with E-state index < -0.39 is 54.6 Å². The number of hydrogen-bond acceptors (Lipinski definition) is 10. The lowest BCUT2D eigenvalue weighted by Crippen LogP contribution is -2.60. The van der Waals surface area contributed by atoms with E-state index >= 15 is 0 Å². The Morgan fingerprint density at radius 1 is 0.962 bits per heavy atom. The molecule has 0 radical (unpaired) electrons. The lowest BCUT2D eigenvalue weighted by atomic mass is 9.98. The molecule has 2 saturated heterocycles. The van der Waals surface area contributed by atoms with Crippen LogP contribution in [0.4, 0.5) is 0 Å². The third-order valence-corrected chi connectivity index (χ3v) is 3.73. The highest BCUT2D eigenvalue weighted by atomic mass is 16.9. The summed E-state index contributed by atoms with van der Waals surface area (Å²) in [5, 5.41) is 0. The Hall–Kier alpha value is -1.75. The first-order valence-electron chi connectivity index (χ1n) is 8.28.